The molecule has 1 fully saturated rings. The van der Waals surface area contributed by atoms with Gasteiger partial charge in [-0.3, -0.25) is 16.3 Å². The minimum Gasteiger partial charge on any atom is -0.376 e. The van der Waals surface area contributed by atoms with Crippen LogP contribution in [0.15, 0.2) is 36.5 Å². The lowest BCUT2D eigenvalue weighted by molar-refractivity contribution is 0.0787. The molecule has 1 aromatic heterocycles. The van der Waals surface area contributed by atoms with E-state index in [0.717, 1.165) is 35.9 Å². The summed E-state index contributed by atoms with van der Waals surface area (Å²) in [5.74, 6) is 5.72. The fraction of sp³-hybridized carbons (Fsp3) is 0.357. The summed E-state index contributed by atoms with van der Waals surface area (Å²) in [5.41, 5.74) is 5.00. The number of rotatable bonds is 3. The first-order chi connectivity index (χ1) is 8.90. The molecule has 2 unspecified atom stereocenters. The number of aromatic nitrogens is 1. The van der Waals surface area contributed by atoms with E-state index in [1.54, 1.807) is 0 Å². The van der Waals surface area contributed by atoms with Crippen molar-refractivity contribution in [2.24, 2.45) is 5.84 Å². The molecule has 4 heteroatoms. The highest BCUT2D eigenvalue weighted by atomic mass is 16.5. The van der Waals surface area contributed by atoms with Gasteiger partial charge < -0.3 is 4.74 Å². The van der Waals surface area contributed by atoms with E-state index in [9.17, 15) is 0 Å². The summed E-state index contributed by atoms with van der Waals surface area (Å²) in [5, 5.41) is 1.13. The van der Waals surface area contributed by atoms with Gasteiger partial charge in [0.05, 0.1) is 17.7 Å². The monoisotopic (exact) mass is 243 g/mol. The van der Waals surface area contributed by atoms with E-state index in [0.29, 0.717) is 0 Å². The molecule has 0 radical (unpaired) electrons. The van der Waals surface area contributed by atoms with Gasteiger partial charge in [-0.1, -0.05) is 24.3 Å². The molecule has 1 saturated heterocycles. The first-order valence-electron chi connectivity index (χ1n) is 6.31. The van der Waals surface area contributed by atoms with Crippen molar-refractivity contribution < 1.29 is 4.74 Å². The standard InChI is InChI=1S/C14H17N3O/c15-17-14(12-7-3-9-18-12)11-6-1-4-10-5-2-8-16-13(10)11/h1-2,4-6,8,12,14,17H,3,7,9,15H2. The second-order valence-electron chi connectivity index (χ2n) is 4.62. The highest BCUT2D eigenvalue weighted by molar-refractivity contribution is 5.82. The number of benzene rings is 1. The number of hydrazine groups is 1. The Morgan fingerprint density at radius 1 is 1.33 bits per heavy atom. The quantitative estimate of drug-likeness (QED) is 0.638. The fourth-order valence-electron chi connectivity index (χ4n) is 2.64. The Hall–Kier alpha value is -1.49. The lowest BCUT2D eigenvalue weighted by atomic mass is 9.97. The molecular weight excluding hydrogens is 226 g/mol. The zero-order valence-electron chi connectivity index (χ0n) is 10.2. The summed E-state index contributed by atoms with van der Waals surface area (Å²) in [6.45, 7) is 0.820. The summed E-state index contributed by atoms with van der Waals surface area (Å²) in [4.78, 5) is 4.47. The van der Waals surface area contributed by atoms with Crippen molar-refractivity contribution in [3.63, 3.8) is 0 Å². The molecule has 2 aromatic rings. The second kappa shape index (κ2) is 5.02. The lowest BCUT2D eigenvalue weighted by Gasteiger charge is -2.23. The van der Waals surface area contributed by atoms with Gasteiger partial charge in [-0.05, 0) is 24.5 Å². The zero-order valence-corrected chi connectivity index (χ0v) is 10.2. The van der Waals surface area contributed by atoms with Crippen LogP contribution in [0.3, 0.4) is 0 Å². The number of nitrogens with zero attached hydrogens (tertiary/aromatic N) is 1. The number of nitrogens with one attached hydrogen (secondary N) is 1. The Morgan fingerprint density at radius 3 is 3.00 bits per heavy atom. The van der Waals surface area contributed by atoms with Gasteiger partial charge in [-0.2, -0.15) is 0 Å². The van der Waals surface area contributed by atoms with Gasteiger partial charge in [0.25, 0.3) is 0 Å². The highest BCUT2D eigenvalue weighted by Gasteiger charge is 2.27. The number of para-hydroxylation sites is 1. The predicted molar refractivity (Wildman–Crippen MR) is 70.8 cm³/mol. The van der Waals surface area contributed by atoms with E-state index < -0.39 is 0 Å². The number of fused-ring (bicyclic) bond motifs is 1. The highest BCUT2D eigenvalue weighted by Crippen LogP contribution is 2.30. The first-order valence-corrected chi connectivity index (χ1v) is 6.31. The summed E-state index contributed by atoms with van der Waals surface area (Å²) < 4.78 is 5.74. The molecule has 0 spiro atoms. The van der Waals surface area contributed by atoms with Crippen LogP contribution in [-0.2, 0) is 4.74 Å². The SMILES string of the molecule is NNC(c1cccc2cccnc12)C1CCCO1. The van der Waals surface area contributed by atoms with Crippen LogP contribution in [0.25, 0.3) is 10.9 Å². The third-order valence-electron chi connectivity index (χ3n) is 3.52. The molecule has 2 atom stereocenters. The Labute approximate surface area is 106 Å². The topological polar surface area (TPSA) is 60.2 Å². The van der Waals surface area contributed by atoms with Crippen molar-refractivity contribution in [2.45, 2.75) is 25.0 Å². The van der Waals surface area contributed by atoms with Crippen molar-refractivity contribution >= 4 is 10.9 Å². The van der Waals surface area contributed by atoms with Crippen LogP contribution < -0.4 is 11.3 Å². The molecule has 0 aliphatic carbocycles. The molecule has 18 heavy (non-hydrogen) atoms. The van der Waals surface area contributed by atoms with Crippen LogP contribution in [0.2, 0.25) is 0 Å². The van der Waals surface area contributed by atoms with Crippen molar-refractivity contribution in [1.29, 1.82) is 0 Å². The zero-order chi connectivity index (χ0) is 12.4. The van der Waals surface area contributed by atoms with Crippen LogP contribution in [-0.4, -0.2) is 17.7 Å². The van der Waals surface area contributed by atoms with Gasteiger partial charge in [0.1, 0.15) is 0 Å². The minimum atomic E-state index is 0.00565. The number of hydrogen-bond donors (Lipinski definition) is 2. The molecule has 94 valence electrons. The van der Waals surface area contributed by atoms with E-state index in [4.69, 9.17) is 10.6 Å². The summed E-state index contributed by atoms with van der Waals surface area (Å²) >= 11 is 0. The van der Waals surface area contributed by atoms with Crippen LogP contribution in [0, 0.1) is 0 Å². The Kier molecular flexibility index (Phi) is 3.23. The van der Waals surface area contributed by atoms with Crippen molar-refractivity contribution in [1.82, 2.24) is 10.4 Å². The molecule has 3 N–H and O–H groups in total. The molecule has 4 nitrogen and oxygen atoms in total. The first kappa shape index (κ1) is 11.6. The van der Waals surface area contributed by atoms with E-state index in [2.05, 4.69) is 28.6 Å². The summed E-state index contributed by atoms with van der Waals surface area (Å²) in [6.07, 6.45) is 4.09. The number of ether oxygens (including phenoxy) is 1. The maximum Gasteiger partial charge on any atom is 0.0784 e. The molecule has 1 aromatic carbocycles. The van der Waals surface area contributed by atoms with Crippen LogP contribution in [0.4, 0.5) is 0 Å². The number of nitrogens with two attached hydrogens (primary N) is 1. The molecule has 3 rings (SSSR count). The maximum atomic E-state index is 5.74. The Morgan fingerprint density at radius 2 is 2.22 bits per heavy atom. The summed E-state index contributed by atoms with van der Waals surface area (Å²) in [6, 6.07) is 10.2. The van der Waals surface area contributed by atoms with Gasteiger partial charge in [-0.15, -0.1) is 0 Å². The van der Waals surface area contributed by atoms with Gasteiger partial charge in [-0.25, -0.2) is 0 Å². The molecule has 0 amide bonds. The summed E-state index contributed by atoms with van der Waals surface area (Å²) in [7, 11) is 0. The maximum absolute atomic E-state index is 5.74. The van der Waals surface area contributed by atoms with E-state index >= 15 is 0 Å². The van der Waals surface area contributed by atoms with E-state index in [-0.39, 0.29) is 12.1 Å². The van der Waals surface area contributed by atoms with Crippen LogP contribution >= 0.6 is 0 Å². The van der Waals surface area contributed by atoms with Crippen molar-refractivity contribution in [2.75, 3.05) is 6.61 Å². The largest absolute Gasteiger partial charge is 0.376 e. The fourth-order valence-corrected chi connectivity index (χ4v) is 2.64. The number of pyridine rings is 1. The minimum absolute atomic E-state index is 0.00565. The normalized spacial score (nSPS) is 21.3. The third kappa shape index (κ3) is 1.99. The molecule has 0 saturated carbocycles. The average molecular weight is 243 g/mol. The van der Waals surface area contributed by atoms with Crippen molar-refractivity contribution in [3.8, 4) is 0 Å². The third-order valence-corrected chi connectivity index (χ3v) is 3.52. The average Bonchev–Trinajstić information content (AvgIpc) is 2.94. The van der Waals surface area contributed by atoms with Crippen molar-refractivity contribution in [3.05, 3.63) is 42.1 Å². The predicted octanol–water partition coefficient (Wildman–Crippen LogP) is 1.92. The lowest BCUT2D eigenvalue weighted by Crippen LogP contribution is -2.36. The second-order valence-corrected chi connectivity index (χ2v) is 4.62. The van der Waals surface area contributed by atoms with E-state index in [1.165, 1.54) is 0 Å². The van der Waals surface area contributed by atoms with Gasteiger partial charge >= 0.3 is 0 Å². The number of hydrogen-bond acceptors (Lipinski definition) is 4. The van der Waals surface area contributed by atoms with Gasteiger partial charge in [0.15, 0.2) is 0 Å². The molecule has 2 heterocycles. The van der Waals surface area contributed by atoms with E-state index in [1.807, 2.05) is 18.3 Å². The molecule has 1 aliphatic rings. The smallest absolute Gasteiger partial charge is 0.0784 e. The Balaban J connectivity index is 2.06. The van der Waals surface area contributed by atoms with Crippen LogP contribution in [0.1, 0.15) is 24.4 Å². The molecule has 1 aliphatic heterocycles. The van der Waals surface area contributed by atoms with Gasteiger partial charge in [0, 0.05) is 18.2 Å². The molecular formula is C14H17N3O. The Bertz CT molecular complexity index is 532. The van der Waals surface area contributed by atoms with Gasteiger partial charge in [0.2, 0.25) is 0 Å². The van der Waals surface area contributed by atoms with Crippen LogP contribution in [0.5, 0.6) is 0 Å². The molecule has 0 bridgehead atoms.